The first kappa shape index (κ1) is 11.6. The highest BCUT2D eigenvalue weighted by Gasteiger charge is 2.20. The highest BCUT2D eigenvalue weighted by Crippen LogP contribution is 2.29. The molecule has 2 N–H and O–H groups in total. The van der Waals surface area contributed by atoms with Gasteiger partial charge in [-0.05, 0) is 37.5 Å². The fourth-order valence-corrected chi connectivity index (χ4v) is 2.07. The molecule has 0 spiro atoms. The third-order valence-electron chi connectivity index (χ3n) is 2.97. The van der Waals surface area contributed by atoms with Crippen LogP contribution in [0.25, 0.3) is 0 Å². The van der Waals surface area contributed by atoms with Gasteiger partial charge in [-0.3, -0.25) is 0 Å². The molecular weight excluding hydrogens is 214 g/mol. The number of methoxy groups -OCH3 is 1. The first-order valence-electron chi connectivity index (χ1n) is 5.62. The van der Waals surface area contributed by atoms with Crippen molar-refractivity contribution in [2.75, 3.05) is 12.8 Å². The van der Waals surface area contributed by atoms with Gasteiger partial charge in [0.1, 0.15) is 5.82 Å². The predicted molar refractivity (Wildman–Crippen MR) is 68.9 cm³/mol. The van der Waals surface area contributed by atoms with E-state index in [4.69, 9.17) is 10.5 Å². The van der Waals surface area contributed by atoms with Crippen LogP contribution in [0.4, 0.5) is 5.82 Å². The minimum atomic E-state index is 0.192. The highest BCUT2D eigenvalue weighted by molar-refractivity contribution is 5.71. The van der Waals surface area contributed by atoms with Gasteiger partial charge >= 0.3 is 0 Å². The number of pyridine rings is 1. The zero-order valence-corrected chi connectivity index (χ0v) is 10.4. The fourth-order valence-electron chi connectivity index (χ4n) is 2.07. The number of anilines is 1. The van der Waals surface area contributed by atoms with Crippen LogP contribution >= 0.6 is 0 Å². The van der Waals surface area contributed by atoms with E-state index < -0.39 is 0 Å². The SMILES string of the molecule is COC1=C(C)C[C@H](c2nc(N)ccc2C)C=N1. The predicted octanol–water partition coefficient (Wildman–Crippen LogP) is 2.41. The van der Waals surface area contributed by atoms with Crippen LogP contribution in [0.5, 0.6) is 0 Å². The average molecular weight is 231 g/mol. The topological polar surface area (TPSA) is 60.5 Å². The lowest BCUT2D eigenvalue weighted by Crippen LogP contribution is -2.12. The van der Waals surface area contributed by atoms with Crippen molar-refractivity contribution < 1.29 is 4.74 Å². The number of rotatable bonds is 2. The van der Waals surface area contributed by atoms with E-state index in [9.17, 15) is 0 Å². The molecule has 0 fully saturated rings. The molecule has 4 nitrogen and oxygen atoms in total. The molecule has 0 unspecified atom stereocenters. The molecule has 1 aliphatic rings. The summed E-state index contributed by atoms with van der Waals surface area (Å²) in [6, 6.07) is 3.82. The Kier molecular flexibility index (Phi) is 3.13. The molecule has 0 radical (unpaired) electrons. The van der Waals surface area contributed by atoms with Crippen molar-refractivity contribution in [3.8, 4) is 0 Å². The van der Waals surface area contributed by atoms with Crippen LogP contribution in [-0.4, -0.2) is 18.3 Å². The quantitative estimate of drug-likeness (QED) is 0.850. The number of hydrogen-bond donors (Lipinski definition) is 1. The maximum absolute atomic E-state index is 5.73. The van der Waals surface area contributed by atoms with Gasteiger partial charge < -0.3 is 10.5 Å². The van der Waals surface area contributed by atoms with Gasteiger partial charge in [-0.2, -0.15) is 0 Å². The second-order valence-corrected chi connectivity index (χ2v) is 4.32. The number of allylic oxidation sites excluding steroid dienone is 1. The fraction of sp³-hybridized carbons (Fsp3) is 0.385. The molecule has 90 valence electrons. The third kappa shape index (κ3) is 2.30. The molecular formula is C13H17N3O. The molecule has 0 amide bonds. The second-order valence-electron chi connectivity index (χ2n) is 4.32. The number of ether oxygens (including phenoxy) is 1. The van der Waals surface area contributed by atoms with Crippen molar-refractivity contribution in [2.45, 2.75) is 26.2 Å². The van der Waals surface area contributed by atoms with Crippen LogP contribution in [0.1, 0.15) is 30.5 Å². The summed E-state index contributed by atoms with van der Waals surface area (Å²) in [4.78, 5) is 8.71. The Balaban J connectivity index is 2.30. The molecule has 1 atom stereocenters. The monoisotopic (exact) mass is 231 g/mol. The van der Waals surface area contributed by atoms with E-state index in [-0.39, 0.29) is 5.92 Å². The molecule has 1 aromatic heterocycles. The molecule has 17 heavy (non-hydrogen) atoms. The number of aryl methyl sites for hydroxylation is 1. The van der Waals surface area contributed by atoms with E-state index in [1.165, 1.54) is 0 Å². The summed E-state index contributed by atoms with van der Waals surface area (Å²) >= 11 is 0. The minimum absolute atomic E-state index is 0.192. The number of aliphatic imine (C=N–C) groups is 1. The smallest absolute Gasteiger partial charge is 0.211 e. The summed E-state index contributed by atoms with van der Waals surface area (Å²) in [6.45, 7) is 4.07. The summed E-state index contributed by atoms with van der Waals surface area (Å²) in [5.41, 5.74) is 9.02. The van der Waals surface area contributed by atoms with Gasteiger partial charge in [-0.25, -0.2) is 9.98 Å². The van der Waals surface area contributed by atoms with E-state index in [0.29, 0.717) is 11.7 Å². The van der Waals surface area contributed by atoms with Gasteiger partial charge in [0.2, 0.25) is 5.88 Å². The van der Waals surface area contributed by atoms with Gasteiger partial charge in [0.25, 0.3) is 0 Å². The molecule has 0 bridgehead atoms. The van der Waals surface area contributed by atoms with E-state index in [2.05, 4.69) is 9.98 Å². The Bertz CT molecular complexity index is 491. The lowest BCUT2D eigenvalue weighted by atomic mass is 9.93. The lowest BCUT2D eigenvalue weighted by molar-refractivity contribution is 0.280. The van der Waals surface area contributed by atoms with E-state index >= 15 is 0 Å². The van der Waals surface area contributed by atoms with Crippen LogP contribution in [-0.2, 0) is 4.74 Å². The standard InChI is InChI=1S/C13H17N3O/c1-8-4-5-11(14)16-12(8)10-6-9(2)13(17-3)15-7-10/h4-5,7,10H,6H2,1-3H3,(H2,14,16)/t10-/m0/s1. The molecule has 1 aromatic rings. The molecule has 1 aliphatic heterocycles. The average Bonchev–Trinajstić information content (AvgIpc) is 2.32. The summed E-state index contributed by atoms with van der Waals surface area (Å²) < 4.78 is 5.18. The molecule has 2 heterocycles. The van der Waals surface area contributed by atoms with Crippen molar-refractivity contribution >= 4 is 12.0 Å². The van der Waals surface area contributed by atoms with E-state index in [1.807, 2.05) is 32.2 Å². The molecule has 0 aromatic carbocycles. The Hall–Kier alpha value is -1.84. The van der Waals surface area contributed by atoms with Crippen LogP contribution in [0, 0.1) is 6.92 Å². The molecule has 0 saturated carbocycles. The Labute approximate surface area is 101 Å². The van der Waals surface area contributed by atoms with Gasteiger partial charge in [0.15, 0.2) is 0 Å². The maximum Gasteiger partial charge on any atom is 0.211 e. The van der Waals surface area contributed by atoms with Gasteiger partial charge in [0, 0.05) is 12.1 Å². The van der Waals surface area contributed by atoms with Crippen molar-refractivity contribution in [3.05, 3.63) is 34.8 Å². The number of nitrogen functional groups attached to an aromatic ring is 1. The van der Waals surface area contributed by atoms with Gasteiger partial charge in [-0.15, -0.1) is 0 Å². The van der Waals surface area contributed by atoms with Crippen molar-refractivity contribution in [2.24, 2.45) is 4.99 Å². The summed E-state index contributed by atoms with van der Waals surface area (Å²) in [5.74, 6) is 1.46. The van der Waals surface area contributed by atoms with Crippen LogP contribution < -0.4 is 5.73 Å². The highest BCUT2D eigenvalue weighted by atomic mass is 16.5. The van der Waals surface area contributed by atoms with Crippen molar-refractivity contribution in [1.82, 2.24) is 4.98 Å². The van der Waals surface area contributed by atoms with Crippen LogP contribution in [0.15, 0.2) is 28.6 Å². The van der Waals surface area contributed by atoms with Crippen LogP contribution in [0.2, 0.25) is 0 Å². The summed E-state index contributed by atoms with van der Waals surface area (Å²) in [5, 5.41) is 0. The zero-order chi connectivity index (χ0) is 12.4. The first-order valence-corrected chi connectivity index (χ1v) is 5.62. The Morgan fingerprint density at radius 2 is 2.12 bits per heavy atom. The number of aromatic nitrogens is 1. The van der Waals surface area contributed by atoms with Gasteiger partial charge in [0.05, 0.1) is 12.8 Å². The van der Waals surface area contributed by atoms with E-state index in [0.717, 1.165) is 23.3 Å². The Morgan fingerprint density at radius 3 is 2.76 bits per heavy atom. The number of nitrogens with zero attached hydrogens (tertiary/aromatic N) is 2. The normalized spacial score (nSPS) is 19.6. The lowest BCUT2D eigenvalue weighted by Gasteiger charge is -2.19. The second kappa shape index (κ2) is 4.57. The Morgan fingerprint density at radius 1 is 1.35 bits per heavy atom. The first-order chi connectivity index (χ1) is 8.11. The maximum atomic E-state index is 5.73. The molecule has 0 aliphatic carbocycles. The largest absolute Gasteiger partial charge is 0.481 e. The summed E-state index contributed by atoms with van der Waals surface area (Å²) in [6.07, 6.45) is 2.77. The van der Waals surface area contributed by atoms with Crippen LogP contribution in [0.3, 0.4) is 0 Å². The third-order valence-corrected chi connectivity index (χ3v) is 2.97. The zero-order valence-electron chi connectivity index (χ0n) is 10.4. The molecule has 0 saturated heterocycles. The van der Waals surface area contributed by atoms with Crippen molar-refractivity contribution in [1.29, 1.82) is 0 Å². The summed E-state index contributed by atoms with van der Waals surface area (Å²) in [7, 11) is 1.64. The van der Waals surface area contributed by atoms with Crippen molar-refractivity contribution in [3.63, 3.8) is 0 Å². The minimum Gasteiger partial charge on any atom is -0.481 e. The van der Waals surface area contributed by atoms with Gasteiger partial charge in [-0.1, -0.05) is 6.07 Å². The molecule has 2 rings (SSSR count). The van der Waals surface area contributed by atoms with E-state index in [1.54, 1.807) is 7.11 Å². The number of nitrogens with two attached hydrogens (primary N) is 1. The molecule has 4 heteroatoms. The number of hydrogen-bond acceptors (Lipinski definition) is 4.